The molecule has 5 atom stereocenters. The van der Waals surface area contributed by atoms with Crippen molar-refractivity contribution >= 4 is 23.4 Å². The van der Waals surface area contributed by atoms with Gasteiger partial charge in [0, 0.05) is 24.8 Å². The van der Waals surface area contributed by atoms with Crippen molar-refractivity contribution in [3.8, 4) is 11.5 Å². The van der Waals surface area contributed by atoms with Crippen molar-refractivity contribution in [2.75, 3.05) is 32.0 Å². The third kappa shape index (κ3) is 6.00. The summed E-state index contributed by atoms with van der Waals surface area (Å²) >= 11 is 0. The topological polar surface area (TPSA) is 100 Å². The van der Waals surface area contributed by atoms with Crippen LogP contribution in [0.5, 0.6) is 11.5 Å². The SMILES string of the molecule is CCCCN(C)CCN1C(=O)C2C(C(=O)Nc3ccc(Oc4ccccc4)cc3)C3C=CC2(O3)C1C(=O)NC1CCCCC1. The Bertz CT molecular complexity index is 1360. The van der Waals surface area contributed by atoms with Gasteiger partial charge < -0.3 is 29.9 Å². The van der Waals surface area contributed by atoms with Crippen LogP contribution in [-0.4, -0.2) is 78.0 Å². The average molecular weight is 601 g/mol. The van der Waals surface area contributed by atoms with Crippen LogP contribution in [0.1, 0.15) is 51.9 Å². The summed E-state index contributed by atoms with van der Waals surface area (Å²) < 4.78 is 12.4. The van der Waals surface area contributed by atoms with Crippen LogP contribution in [-0.2, 0) is 19.1 Å². The van der Waals surface area contributed by atoms with Crippen molar-refractivity contribution in [3.05, 3.63) is 66.7 Å². The van der Waals surface area contributed by atoms with Gasteiger partial charge in [0.2, 0.25) is 17.7 Å². The van der Waals surface area contributed by atoms with Gasteiger partial charge in [0.25, 0.3) is 0 Å². The van der Waals surface area contributed by atoms with E-state index in [9.17, 15) is 14.4 Å². The number of amides is 3. The highest BCUT2D eigenvalue weighted by Gasteiger charge is 2.72. The number of likely N-dealkylation sites (N-methyl/N-ethyl adjacent to an activating group) is 1. The zero-order chi connectivity index (χ0) is 30.7. The van der Waals surface area contributed by atoms with E-state index in [-0.39, 0.29) is 23.8 Å². The molecule has 1 spiro atoms. The minimum atomic E-state index is -1.15. The first kappa shape index (κ1) is 30.3. The minimum Gasteiger partial charge on any atom is -0.457 e. The Labute approximate surface area is 260 Å². The Morgan fingerprint density at radius 2 is 1.73 bits per heavy atom. The fourth-order valence-electron chi connectivity index (χ4n) is 7.31. The lowest BCUT2D eigenvalue weighted by molar-refractivity contribution is -0.141. The maximum atomic E-state index is 14.2. The second-order valence-corrected chi connectivity index (χ2v) is 12.7. The number of nitrogens with one attached hydrogen (secondary N) is 2. The van der Waals surface area contributed by atoms with E-state index in [0.29, 0.717) is 24.5 Å². The Hall–Kier alpha value is -3.69. The molecule has 44 heavy (non-hydrogen) atoms. The first-order valence-electron chi connectivity index (χ1n) is 16.2. The molecule has 5 unspecified atom stereocenters. The molecule has 2 aromatic carbocycles. The molecule has 2 saturated heterocycles. The quantitative estimate of drug-likeness (QED) is 0.341. The molecule has 3 amide bonds. The standard InChI is InChI=1S/C35H44N4O5/c1-3-4-21-38(2)22-23-39-31(33(41)37-24-11-7-5-8-12-24)35-20-19-28(44-35)29(30(35)34(39)42)32(40)36-25-15-17-27(18-16-25)43-26-13-9-6-10-14-26/h6,9-10,13-20,24,28-31H,3-5,7-8,11-12,21-23H2,1-2H3,(H,36,40)(H,37,41). The van der Waals surface area contributed by atoms with Crippen LogP contribution in [0, 0.1) is 11.8 Å². The second kappa shape index (κ2) is 13.1. The number of para-hydroxylation sites is 1. The van der Waals surface area contributed by atoms with Crippen molar-refractivity contribution in [1.29, 1.82) is 0 Å². The lowest BCUT2D eigenvalue weighted by Gasteiger charge is -2.34. The summed E-state index contributed by atoms with van der Waals surface area (Å²) in [5.41, 5.74) is -0.555. The van der Waals surface area contributed by atoms with Crippen LogP contribution in [0.15, 0.2) is 66.7 Å². The van der Waals surface area contributed by atoms with Gasteiger partial charge in [0.15, 0.2) is 0 Å². The van der Waals surface area contributed by atoms with Crippen molar-refractivity contribution < 1.29 is 23.9 Å². The molecule has 0 aromatic heterocycles. The highest BCUT2D eigenvalue weighted by atomic mass is 16.5. The van der Waals surface area contributed by atoms with Gasteiger partial charge in [0.1, 0.15) is 23.1 Å². The number of benzene rings is 2. The molecule has 6 rings (SSSR count). The first-order valence-corrected chi connectivity index (χ1v) is 16.2. The molecule has 9 nitrogen and oxygen atoms in total. The molecule has 0 radical (unpaired) electrons. The Morgan fingerprint density at radius 1 is 1.00 bits per heavy atom. The molecule has 9 heteroatoms. The number of fused-ring (bicyclic) bond motifs is 1. The van der Waals surface area contributed by atoms with E-state index in [4.69, 9.17) is 9.47 Å². The third-order valence-electron chi connectivity index (χ3n) is 9.59. The Kier molecular flexibility index (Phi) is 9.05. The van der Waals surface area contributed by atoms with Crippen molar-refractivity contribution in [3.63, 3.8) is 0 Å². The number of likely N-dealkylation sites (tertiary alicyclic amines) is 1. The fourth-order valence-corrected chi connectivity index (χ4v) is 7.31. The van der Waals surface area contributed by atoms with Crippen molar-refractivity contribution in [2.24, 2.45) is 11.8 Å². The molecule has 234 valence electrons. The molecular weight excluding hydrogens is 556 g/mol. The van der Waals surface area contributed by atoms with Crippen LogP contribution >= 0.6 is 0 Å². The van der Waals surface area contributed by atoms with Crippen molar-refractivity contribution in [2.45, 2.75) is 75.7 Å². The second-order valence-electron chi connectivity index (χ2n) is 12.7. The van der Waals surface area contributed by atoms with Crippen LogP contribution < -0.4 is 15.4 Å². The number of carbonyl (C=O) groups excluding carboxylic acids is 3. The minimum absolute atomic E-state index is 0.103. The van der Waals surface area contributed by atoms with Crippen LogP contribution in [0.4, 0.5) is 5.69 Å². The van der Waals surface area contributed by atoms with E-state index in [0.717, 1.165) is 50.8 Å². The van der Waals surface area contributed by atoms with Gasteiger partial charge in [-0.25, -0.2) is 0 Å². The summed E-state index contributed by atoms with van der Waals surface area (Å²) in [6.45, 7) is 4.12. The molecule has 1 aliphatic carbocycles. The van der Waals surface area contributed by atoms with E-state index in [1.807, 2.05) is 49.5 Å². The van der Waals surface area contributed by atoms with Gasteiger partial charge in [0.05, 0.1) is 17.9 Å². The largest absolute Gasteiger partial charge is 0.457 e. The van der Waals surface area contributed by atoms with E-state index in [2.05, 4.69) is 22.5 Å². The molecule has 3 fully saturated rings. The number of unbranched alkanes of at least 4 members (excludes halogenated alkanes) is 1. The lowest BCUT2D eigenvalue weighted by atomic mass is 9.74. The van der Waals surface area contributed by atoms with Gasteiger partial charge in [-0.1, -0.05) is 63.0 Å². The summed E-state index contributed by atoms with van der Waals surface area (Å²) in [5, 5.41) is 6.26. The van der Waals surface area contributed by atoms with Crippen LogP contribution in [0.3, 0.4) is 0 Å². The molecular formula is C35H44N4O5. The molecule has 2 aromatic rings. The molecule has 4 aliphatic rings. The van der Waals surface area contributed by atoms with Crippen LogP contribution in [0.25, 0.3) is 0 Å². The number of ether oxygens (including phenoxy) is 2. The predicted octanol–water partition coefficient (Wildman–Crippen LogP) is 4.75. The molecule has 2 N–H and O–H groups in total. The molecule has 3 heterocycles. The molecule has 2 bridgehead atoms. The summed E-state index contributed by atoms with van der Waals surface area (Å²) in [4.78, 5) is 45.9. The Morgan fingerprint density at radius 3 is 2.45 bits per heavy atom. The number of hydrogen-bond acceptors (Lipinski definition) is 6. The maximum Gasteiger partial charge on any atom is 0.246 e. The zero-order valence-electron chi connectivity index (χ0n) is 25.7. The first-order chi connectivity index (χ1) is 21.4. The van der Waals surface area contributed by atoms with Crippen LogP contribution in [0.2, 0.25) is 0 Å². The summed E-state index contributed by atoms with van der Waals surface area (Å²) in [5.74, 6) is -0.771. The number of nitrogens with zero attached hydrogens (tertiary/aromatic N) is 2. The predicted molar refractivity (Wildman–Crippen MR) is 168 cm³/mol. The summed E-state index contributed by atoms with van der Waals surface area (Å²) in [7, 11) is 2.04. The van der Waals surface area contributed by atoms with Gasteiger partial charge in [-0.05, 0) is 69.3 Å². The normalized spacial score (nSPS) is 27.5. The smallest absolute Gasteiger partial charge is 0.246 e. The molecule has 3 aliphatic heterocycles. The van der Waals surface area contributed by atoms with Gasteiger partial charge >= 0.3 is 0 Å². The zero-order valence-corrected chi connectivity index (χ0v) is 25.7. The van der Waals surface area contributed by atoms with E-state index >= 15 is 0 Å². The maximum absolute atomic E-state index is 14.2. The van der Waals surface area contributed by atoms with Gasteiger partial charge in [-0.3, -0.25) is 14.4 Å². The highest BCUT2D eigenvalue weighted by molar-refractivity contribution is 6.02. The Balaban J connectivity index is 1.20. The number of hydrogen-bond donors (Lipinski definition) is 2. The van der Waals surface area contributed by atoms with Gasteiger partial charge in [-0.2, -0.15) is 0 Å². The number of anilines is 1. The number of carbonyl (C=O) groups is 3. The monoisotopic (exact) mass is 600 g/mol. The molecule has 1 saturated carbocycles. The van der Waals surface area contributed by atoms with E-state index in [1.165, 1.54) is 6.42 Å². The fraction of sp³-hybridized carbons (Fsp3) is 0.514. The van der Waals surface area contributed by atoms with E-state index in [1.54, 1.807) is 29.2 Å². The summed E-state index contributed by atoms with van der Waals surface area (Å²) in [6.07, 6.45) is 10.6. The third-order valence-corrected chi connectivity index (χ3v) is 9.59. The van der Waals surface area contributed by atoms with Gasteiger partial charge in [-0.15, -0.1) is 0 Å². The highest BCUT2D eigenvalue weighted by Crippen LogP contribution is 2.55. The summed E-state index contributed by atoms with van der Waals surface area (Å²) in [6, 6.07) is 15.9. The average Bonchev–Trinajstić information content (AvgIpc) is 3.68. The van der Waals surface area contributed by atoms with Crippen molar-refractivity contribution in [1.82, 2.24) is 15.1 Å². The van der Waals surface area contributed by atoms with E-state index < -0.39 is 29.6 Å². The number of rotatable bonds is 12. The lowest BCUT2D eigenvalue weighted by Crippen LogP contribution is -2.57.